The molecule has 0 fully saturated rings. The third-order valence-electron chi connectivity index (χ3n) is 23.9. The van der Waals surface area contributed by atoms with Gasteiger partial charge in [0, 0.05) is 10.8 Å². The Morgan fingerprint density at radius 1 is 0.167 bits per heavy atom. The van der Waals surface area contributed by atoms with Crippen LogP contribution >= 0.6 is 0 Å². The lowest BCUT2D eigenvalue weighted by Crippen LogP contribution is -2.17. The van der Waals surface area contributed by atoms with E-state index in [1.165, 1.54) is 177 Å². The van der Waals surface area contributed by atoms with Gasteiger partial charge in [0.15, 0.2) is 10.9 Å². The van der Waals surface area contributed by atoms with Crippen LogP contribution in [0.1, 0.15) is 211 Å². The highest BCUT2D eigenvalue weighted by molar-refractivity contribution is 6.59. The van der Waals surface area contributed by atoms with Crippen molar-refractivity contribution in [3.05, 3.63) is 223 Å². The Morgan fingerprint density at radius 2 is 0.353 bits per heavy atom. The first-order valence-corrected chi connectivity index (χ1v) is 37.5. The predicted molar refractivity (Wildman–Crippen MR) is 448 cm³/mol. The second kappa shape index (κ2) is 20.8. The van der Waals surface area contributed by atoms with Gasteiger partial charge in [0.05, 0.1) is 0 Å². The van der Waals surface area contributed by atoms with Gasteiger partial charge in [0.2, 0.25) is 0 Å². The quantitative estimate of drug-likeness (QED) is 0.130. The molecular weight excluding hydrogens is 1230 g/mol. The van der Waals surface area contributed by atoms with Crippen LogP contribution in [-0.2, 0) is 43.3 Å². The second-order valence-electron chi connectivity index (χ2n) is 39.2. The van der Waals surface area contributed by atoms with Crippen LogP contribution in [0.3, 0.4) is 0 Å². The molecule has 0 amide bonds. The summed E-state index contributed by atoms with van der Waals surface area (Å²) in [6, 6.07) is 61.7. The Hall–Kier alpha value is -9.24. The second-order valence-corrected chi connectivity index (χ2v) is 39.2. The third-order valence-corrected chi connectivity index (χ3v) is 23.9. The van der Waals surface area contributed by atoms with E-state index < -0.39 is 0 Å². The smallest absolute Gasteiger partial charge is 0.187 e. The van der Waals surface area contributed by atoms with Crippen LogP contribution in [-0.4, -0.2) is 0 Å². The van der Waals surface area contributed by atoms with Crippen molar-refractivity contribution in [1.82, 2.24) is 0 Å². The van der Waals surface area contributed by atoms with Crippen molar-refractivity contribution in [2.75, 3.05) is 0 Å². The standard InChI is InChI=1S/C100H98O2/c1-93(2,3)55-39-51(40-56(47-55)94(4,5)6)75-65-29-33-69-79-73(101)37-38-74(102)80(79)70-34-30-66-76(52-41-57(95(7,8)9)48-58(42-52)96(10,11)12)68-32-36-72-82-78(54-45-61(99(19,20)21)50-62(46-54)100(22,23)24)64-28-26-25-27-63(64)77(53-43-59(97(13,14)15)49-60(44-53)98(16,17)18)81(82)71-35-31-67(75)89-85(71)86(72)90(68)92-88(66)84(70)83(69)87(65)91(89)92/h25-50H,1-24H3. The van der Waals surface area contributed by atoms with Crippen molar-refractivity contribution < 1.29 is 0 Å². The minimum atomic E-state index is -0.167. The molecule has 0 atom stereocenters. The summed E-state index contributed by atoms with van der Waals surface area (Å²) in [5, 5.41) is 26.8. The first kappa shape index (κ1) is 66.0. The zero-order valence-corrected chi connectivity index (χ0v) is 64.8. The zero-order chi connectivity index (χ0) is 72.6. The van der Waals surface area contributed by atoms with Gasteiger partial charge in [-0.25, -0.2) is 0 Å². The monoisotopic (exact) mass is 1330 g/mol. The molecule has 0 aliphatic rings. The predicted octanol–water partition coefficient (Wildman–Crippen LogP) is 27.9. The maximum Gasteiger partial charge on any atom is 0.187 e. The Kier molecular flexibility index (Phi) is 13.4. The first-order valence-electron chi connectivity index (χ1n) is 37.5. The van der Waals surface area contributed by atoms with E-state index in [-0.39, 0.29) is 54.2 Å². The third kappa shape index (κ3) is 9.41. The van der Waals surface area contributed by atoms with Crippen LogP contribution < -0.4 is 10.9 Å². The van der Waals surface area contributed by atoms with Crippen molar-refractivity contribution in [1.29, 1.82) is 0 Å². The average Bonchev–Trinajstić information content (AvgIpc) is 0.645. The summed E-state index contributed by atoms with van der Waals surface area (Å²) < 4.78 is 0. The van der Waals surface area contributed by atoms with Crippen molar-refractivity contribution in [2.45, 2.75) is 209 Å². The normalized spacial score (nSPS) is 14.0. The fourth-order valence-electron chi connectivity index (χ4n) is 18.0. The lowest BCUT2D eigenvalue weighted by atomic mass is 9.71. The van der Waals surface area contributed by atoms with Gasteiger partial charge in [0.25, 0.3) is 0 Å². The van der Waals surface area contributed by atoms with Crippen molar-refractivity contribution in [2.24, 2.45) is 0 Å². The zero-order valence-electron chi connectivity index (χ0n) is 64.8. The molecule has 17 aromatic rings. The topological polar surface area (TPSA) is 34.1 Å². The van der Waals surface area contributed by atoms with Crippen LogP contribution in [0.2, 0.25) is 0 Å². The Labute approximate surface area is 602 Å². The molecule has 0 aliphatic carbocycles. The van der Waals surface area contributed by atoms with Crippen molar-refractivity contribution in [3.63, 3.8) is 0 Å². The molecule has 2 heteroatoms. The molecule has 510 valence electrons. The molecule has 102 heavy (non-hydrogen) atoms. The fourth-order valence-corrected chi connectivity index (χ4v) is 18.0. The molecule has 0 N–H and O–H groups in total. The van der Waals surface area contributed by atoms with Crippen LogP contribution in [0.4, 0.5) is 0 Å². The summed E-state index contributed by atoms with van der Waals surface area (Å²) in [5.74, 6) is 0. The van der Waals surface area contributed by atoms with E-state index in [0.29, 0.717) is 10.8 Å². The summed E-state index contributed by atoms with van der Waals surface area (Å²) in [4.78, 5) is 30.3. The van der Waals surface area contributed by atoms with E-state index in [4.69, 9.17) is 0 Å². The van der Waals surface area contributed by atoms with Gasteiger partial charge in [-0.05, 0) is 263 Å². The van der Waals surface area contributed by atoms with Crippen LogP contribution in [0.5, 0.6) is 0 Å². The highest BCUT2D eigenvalue weighted by atomic mass is 16.1. The summed E-state index contributed by atoms with van der Waals surface area (Å²) in [6.07, 6.45) is 0. The molecule has 0 bridgehead atoms. The average molecular weight is 1330 g/mol. The SMILES string of the molecule is CC(C)(C)c1cc(-c2c3ccc4c5c(-c6cc(C(C)(C)C)cc(C(C)(C)C)c6)c6ccccc6c(-c6cc(C(C)(C)C)cc(C(C)(C)C)c6)c5c5ccc6c(-c7cc(C(C)(C)C)cc(C(C)(C)C)c7)c7ccc8c9c(=O)ccc(=O)c9c9ccc2c2c9c8c7c7c6c5c4c3c27)cc(C(C)(C)C)c1. The van der Waals surface area contributed by atoms with Gasteiger partial charge in [-0.2, -0.15) is 0 Å². The summed E-state index contributed by atoms with van der Waals surface area (Å²) >= 11 is 0. The van der Waals surface area contributed by atoms with Gasteiger partial charge in [-0.3, -0.25) is 9.59 Å². The fraction of sp³-hybridized carbons (Fsp3) is 0.320. The van der Waals surface area contributed by atoms with Crippen molar-refractivity contribution >= 4 is 129 Å². The molecule has 0 spiro atoms. The van der Waals surface area contributed by atoms with Crippen LogP contribution in [0.15, 0.2) is 167 Å². The number of hydrogen-bond acceptors (Lipinski definition) is 2. The van der Waals surface area contributed by atoms with E-state index in [1.807, 2.05) is 0 Å². The maximum absolute atomic E-state index is 15.1. The minimum absolute atomic E-state index is 0.128. The Bertz CT molecular complexity index is 6040. The van der Waals surface area contributed by atoms with E-state index in [1.54, 1.807) is 0 Å². The van der Waals surface area contributed by atoms with Crippen molar-refractivity contribution in [3.8, 4) is 44.5 Å². The molecule has 0 heterocycles. The molecule has 2 nitrogen and oxygen atoms in total. The molecule has 17 rings (SSSR count). The molecule has 0 unspecified atom stereocenters. The lowest BCUT2D eigenvalue weighted by molar-refractivity contribution is 0.568. The number of benzene rings is 17. The lowest BCUT2D eigenvalue weighted by Gasteiger charge is -2.32. The highest BCUT2D eigenvalue weighted by Gasteiger charge is 2.37. The first-order chi connectivity index (χ1) is 47.5. The van der Waals surface area contributed by atoms with Gasteiger partial charge in [0.1, 0.15) is 0 Å². The molecule has 0 aromatic heterocycles. The molecule has 0 radical (unpaired) electrons. The summed E-state index contributed by atoms with van der Waals surface area (Å²) in [6.45, 7) is 56.6. The van der Waals surface area contributed by atoms with E-state index in [9.17, 15) is 0 Å². The minimum Gasteiger partial charge on any atom is -0.289 e. The molecule has 17 aromatic carbocycles. The van der Waals surface area contributed by atoms with Crippen LogP contribution in [0, 0.1) is 0 Å². The summed E-state index contributed by atoms with van der Waals surface area (Å²) in [5.41, 5.74) is 18.6. The Balaban J connectivity index is 1.24. The maximum atomic E-state index is 15.1. The van der Waals surface area contributed by atoms with Gasteiger partial charge >= 0.3 is 0 Å². The van der Waals surface area contributed by atoms with Crippen LogP contribution in [0.25, 0.3) is 174 Å². The highest BCUT2D eigenvalue weighted by Crippen LogP contribution is 2.63. The number of rotatable bonds is 4. The Morgan fingerprint density at radius 3 is 0.569 bits per heavy atom. The molecular formula is C100H98O2. The number of fused-ring (bicyclic) bond motifs is 7. The molecule has 0 aliphatic heterocycles. The number of hydrogen-bond donors (Lipinski definition) is 0. The van der Waals surface area contributed by atoms with Gasteiger partial charge < -0.3 is 0 Å². The van der Waals surface area contributed by atoms with Gasteiger partial charge in [-0.15, -0.1) is 0 Å². The van der Waals surface area contributed by atoms with E-state index >= 15 is 9.59 Å². The van der Waals surface area contributed by atoms with E-state index in [2.05, 4.69) is 312 Å². The molecule has 0 saturated carbocycles. The largest absolute Gasteiger partial charge is 0.289 e. The summed E-state index contributed by atoms with van der Waals surface area (Å²) in [7, 11) is 0. The molecule has 0 saturated heterocycles. The van der Waals surface area contributed by atoms with E-state index in [0.717, 1.165) is 43.1 Å². The van der Waals surface area contributed by atoms with Gasteiger partial charge in [-0.1, -0.05) is 312 Å².